The van der Waals surface area contributed by atoms with E-state index in [1.165, 1.54) is 10.6 Å². The number of nitrogens with zero attached hydrogens (tertiary/aromatic N) is 8. The van der Waals surface area contributed by atoms with Crippen molar-refractivity contribution in [3.63, 3.8) is 0 Å². The van der Waals surface area contributed by atoms with Gasteiger partial charge in [0.1, 0.15) is 24.7 Å². The topological polar surface area (TPSA) is 239 Å². The molecule has 0 aliphatic carbocycles. The molecular formula is C52H54N8O10. The highest BCUT2D eigenvalue weighted by Gasteiger charge is 2.45. The van der Waals surface area contributed by atoms with Gasteiger partial charge in [-0.25, -0.2) is 19.1 Å². The molecule has 18 nitrogen and oxygen atoms in total. The molecule has 1 fully saturated rings. The molecule has 4 aromatic heterocycles. The summed E-state index contributed by atoms with van der Waals surface area (Å²) in [5.41, 5.74) is 5.02. The molecule has 3 aromatic carbocycles. The number of piperidine rings is 1. The van der Waals surface area contributed by atoms with E-state index in [2.05, 4.69) is 14.8 Å². The predicted molar refractivity (Wildman–Crippen MR) is 258 cm³/mol. The van der Waals surface area contributed by atoms with Gasteiger partial charge >= 0.3 is 18.1 Å². The van der Waals surface area contributed by atoms with Crippen LogP contribution in [0.4, 0.5) is 4.79 Å². The fourth-order valence-corrected chi connectivity index (χ4v) is 10.6. The number of fused-ring (bicyclic) bond motifs is 6. The van der Waals surface area contributed by atoms with Crippen molar-refractivity contribution in [1.82, 2.24) is 38.7 Å². The van der Waals surface area contributed by atoms with Gasteiger partial charge in [0, 0.05) is 65.9 Å². The van der Waals surface area contributed by atoms with Crippen LogP contribution in [-0.4, -0.2) is 102 Å². The second kappa shape index (κ2) is 17.7. The molecule has 7 aromatic rings. The van der Waals surface area contributed by atoms with Gasteiger partial charge in [0.15, 0.2) is 11.4 Å². The van der Waals surface area contributed by atoms with Crippen LogP contribution in [-0.2, 0) is 52.6 Å². The number of ether oxygens (including phenoxy) is 1. The lowest BCUT2D eigenvalue weighted by atomic mass is 9.86. The minimum Gasteiger partial charge on any atom is -0.508 e. The number of likely N-dealkylation sites (tertiary alicyclic amines) is 1. The van der Waals surface area contributed by atoms with E-state index in [-0.39, 0.29) is 84.5 Å². The highest BCUT2D eigenvalue weighted by atomic mass is 16.6. The number of aromatic hydroxyl groups is 3. The lowest BCUT2D eigenvalue weighted by molar-refractivity contribution is -0.172. The van der Waals surface area contributed by atoms with Crippen molar-refractivity contribution in [3.05, 3.63) is 111 Å². The summed E-state index contributed by atoms with van der Waals surface area (Å²) in [6, 6.07) is 17.5. The summed E-state index contributed by atoms with van der Waals surface area (Å²) in [6.45, 7) is 9.04. The summed E-state index contributed by atoms with van der Waals surface area (Å²) in [7, 11) is 0. The van der Waals surface area contributed by atoms with Gasteiger partial charge in [0.25, 0.3) is 5.56 Å². The van der Waals surface area contributed by atoms with Crippen LogP contribution >= 0.6 is 0 Å². The molecule has 0 unspecified atom stereocenters. The third kappa shape index (κ3) is 7.75. The molecular weight excluding hydrogens is 897 g/mol. The van der Waals surface area contributed by atoms with Crippen molar-refractivity contribution in [3.8, 4) is 46.0 Å². The van der Waals surface area contributed by atoms with Gasteiger partial charge in [-0.2, -0.15) is 0 Å². The Labute approximate surface area is 401 Å². The van der Waals surface area contributed by atoms with E-state index < -0.39 is 17.7 Å². The molecule has 2 amide bonds. The highest BCUT2D eigenvalue weighted by molar-refractivity contribution is 5.90. The lowest BCUT2D eigenvalue weighted by Gasteiger charge is -2.33. The molecule has 0 saturated carbocycles. The van der Waals surface area contributed by atoms with Crippen molar-refractivity contribution in [2.75, 3.05) is 19.6 Å². The number of hydrogen-bond donors (Lipinski definition) is 5. The van der Waals surface area contributed by atoms with Gasteiger partial charge < -0.3 is 44.3 Å². The molecule has 3 aliphatic rings. The van der Waals surface area contributed by atoms with E-state index in [1.54, 1.807) is 34.6 Å². The van der Waals surface area contributed by atoms with Gasteiger partial charge in [-0.15, -0.1) is 5.10 Å². The molecule has 1 atom stereocenters. The second-order valence-electron chi connectivity index (χ2n) is 19.0. The van der Waals surface area contributed by atoms with Crippen LogP contribution < -0.4 is 5.56 Å². The van der Waals surface area contributed by atoms with Gasteiger partial charge in [-0.05, 0) is 109 Å². The zero-order chi connectivity index (χ0) is 49.3. The van der Waals surface area contributed by atoms with Crippen molar-refractivity contribution >= 4 is 39.8 Å². The molecule has 3 aliphatic heterocycles. The number of pyridine rings is 2. The SMILES string of the molecule is CCc1c2c(nc3ccc(CN(CC(=O)N4CCC(CCn5ccc6cc(-n7c(O)nnc7-c7cc(C(C)C)c(O)cc7O)ccc65)CC4)C(=O)O)cc13)-c1cc3c(c(=O)n1C2)COC(=O)[C@]3(O)CC. The smallest absolute Gasteiger partial charge is 0.408 e. The highest BCUT2D eigenvalue weighted by Crippen LogP contribution is 2.42. The fourth-order valence-electron chi connectivity index (χ4n) is 10.6. The zero-order valence-corrected chi connectivity index (χ0v) is 39.3. The first-order chi connectivity index (χ1) is 33.6. The minimum absolute atomic E-state index is 0.0151. The Bertz CT molecular complexity index is 3350. The number of esters is 1. The summed E-state index contributed by atoms with van der Waals surface area (Å²) < 4.78 is 10.5. The number of carboxylic acid groups (broad SMARTS) is 1. The van der Waals surface area contributed by atoms with Crippen LogP contribution in [0, 0.1) is 5.92 Å². The van der Waals surface area contributed by atoms with Gasteiger partial charge in [-0.1, -0.05) is 38.9 Å². The number of phenols is 2. The van der Waals surface area contributed by atoms with Crippen molar-refractivity contribution in [2.24, 2.45) is 5.92 Å². The van der Waals surface area contributed by atoms with Crippen molar-refractivity contribution < 1.29 is 44.7 Å². The number of phenolic OH excluding ortho intramolecular Hbond substituents is 2. The molecule has 0 spiro atoms. The Hall–Kier alpha value is -7.73. The number of carbonyl (C=O) groups is 3. The second-order valence-corrected chi connectivity index (χ2v) is 19.0. The number of aromatic nitrogens is 6. The molecule has 7 heterocycles. The molecule has 0 radical (unpaired) electrons. The summed E-state index contributed by atoms with van der Waals surface area (Å²) in [6.07, 6.45) is 3.90. The predicted octanol–water partition coefficient (Wildman–Crippen LogP) is 6.89. The minimum atomic E-state index is -1.93. The van der Waals surface area contributed by atoms with Crippen LogP contribution in [0.2, 0.25) is 0 Å². The third-order valence-electron chi connectivity index (χ3n) is 14.6. The monoisotopic (exact) mass is 950 g/mol. The van der Waals surface area contributed by atoms with Crippen molar-refractivity contribution in [1.29, 1.82) is 0 Å². The fraction of sp³-hybridized carbons (Fsp3) is 0.365. The number of aliphatic hydroxyl groups is 1. The molecule has 10 rings (SSSR count). The van der Waals surface area contributed by atoms with E-state index in [9.17, 15) is 44.7 Å². The first-order valence-electron chi connectivity index (χ1n) is 23.7. The Morgan fingerprint density at radius 1 is 0.943 bits per heavy atom. The molecule has 0 bridgehead atoms. The van der Waals surface area contributed by atoms with Crippen LogP contribution in [0.25, 0.3) is 50.3 Å². The Morgan fingerprint density at radius 3 is 2.46 bits per heavy atom. The number of amides is 2. The maximum absolute atomic E-state index is 13.8. The van der Waals surface area contributed by atoms with Crippen LogP contribution in [0.1, 0.15) is 92.7 Å². The van der Waals surface area contributed by atoms with Gasteiger partial charge in [0.2, 0.25) is 5.91 Å². The van der Waals surface area contributed by atoms with Crippen LogP contribution in [0.5, 0.6) is 17.5 Å². The Balaban J connectivity index is 0.780. The van der Waals surface area contributed by atoms with Crippen LogP contribution in [0.3, 0.4) is 0 Å². The normalized spacial score (nSPS) is 16.7. The molecule has 18 heteroatoms. The maximum atomic E-state index is 13.8. The summed E-state index contributed by atoms with van der Waals surface area (Å²) in [5, 5.41) is 63.3. The van der Waals surface area contributed by atoms with E-state index >= 15 is 0 Å². The first-order valence-corrected chi connectivity index (χ1v) is 23.7. The number of rotatable bonds is 12. The molecule has 1 saturated heterocycles. The largest absolute Gasteiger partial charge is 0.508 e. The van der Waals surface area contributed by atoms with E-state index in [4.69, 9.17) is 9.72 Å². The Kier molecular flexibility index (Phi) is 11.6. The van der Waals surface area contributed by atoms with Gasteiger partial charge in [0.05, 0.1) is 40.3 Å². The van der Waals surface area contributed by atoms with Gasteiger partial charge in [-0.3, -0.25) is 14.5 Å². The average molecular weight is 951 g/mol. The van der Waals surface area contributed by atoms with E-state index in [1.807, 2.05) is 63.4 Å². The number of carbonyl (C=O) groups excluding carboxylic acids is 2. The summed E-state index contributed by atoms with van der Waals surface area (Å²) in [4.78, 5) is 60.5. The van der Waals surface area contributed by atoms with E-state index in [0.29, 0.717) is 64.7 Å². The third-order valence-corrected chi connectivity index (χ3v) is 14.6. The van der Waals surface area contributed by atoms with Crippen LogP contribution in [0.15, 0.2) is 71.7 Å². The quantitative estimate of drug-likeness (QED) is 0.0785. The summed E-state index contributed by atoms with van der Waals surface area (Å²) in [5.74, 6) is -0.690. The summed E-state index contributed by atoms with van der Waals surface area (Å²) >= 11 is 0. The maximum Gasteiger partial charge on any atom is 0.408 e. The number of cyclic esters (lactones) is 1. The molecule has 70 heavy (non-hydrogen) atoms. The standard InChI is InChI=1S/C52H54N8O10/c1-5-33-35-19-30(7-9-40(35)53-46-37(33)25-59-42(46)22-39-38(48(59)64)27-70-49(65)52(39,69)6-2)24-58(51(67)68)26-45(63)57-16-12-29(13-17-57)11-15-56-18-14-31-20-32(8-10-41(31)56)60-47(54-55-50(60)66)36-21-34(28(3)4)43(61)23-44(36)62/h7-10,14,18-23,28-29,61-62,69H,5-6,11-13,15-17,24-27H2,1-4H3,(H,55,66)(H,67,68)/t52-/m0/s1. The van der Waals surface area contributed by atoms with E-state index in [0.717, 1.165) is 58.1 Å². The Morgan fingerprint density at radius 2 is 1.73 bits per heavy atom. The number of benzene rings is 3. The molecule has 5 N–H and O–H groups in total. The number of aryl methyl sites for hydroxylation is 2. The van der Waals surface area contributed by atoms with Crippen molar-refractivity contribution in [2.45, 2.75) is 97.6 Å². The number of hydrogen-bond acceptors (Lipinski definition) is 12. The lowest BCUT2D eigenvalue weighted by Crippen LogP contribution is -2.45. The first kappa shape index (κ1) is 46.0. The average Bonchev–Trinajstić information content (AvgIpc) is 4.05. The molecule has 362 valence electrons. The zero-order valence-electron chi connectivity index (χ0n) is 39.3.